The molecule has 1 aromatic heterocycles. The summed E-state index contributed by atoms with van der Waals surface area (Å²) in [6.07, 6.45) is 2.76. The average Bonchev–Trinajstić information content (AvgIpc) is 3.40. The van der Waals surface area contributed by atoms with Crippen molar-refractivity contribution in [2.75, 3.05) is 44.6 Å². The molecule has 0 atom stereocenters. The van der Waals surface area contributed by atoms with Gasteiger partial charge in [-0.15, -0.1) is 0 Å². The number of imidazole rings is 1. The number of piperazine rings is 1. The van der Waals surface area contributed by atoms with Gasteiger partial charge in [0.15, 0.2) is 17.4 Å². The number of anilines is 1. The first-order valence-corrected chi connectivity index (χ1v) is 14.3. The van der Waals surface area contributed by atoms with E-state index in [-0.39, 0.29) is 51.1 Å². The van der Waals surface area contributed by atoms with E-state index in [0.717, 1.165) is 44.3 Å². The van der Waals surface area contributed by atoms with Gasteiger partial charge in [0, 0.05) is 50.4 Å². The van der Waals surface area contributed by atoms with Crippen LogP contribution in [0.5, 0.6) is 5.75 Å². The van der Waals surface area contributed by atoms with Crippen LogP contribution in [0.25, 0.3) is 11.3 Å². The molecule has 3 amide bonds. The number of nitrogens with zero attached hydrogens (tertiary/aromatic N) is 4. The van der Waals surface area contributed by atoms with E-state index in [2.05, 4.69) is 20.4 Å². The lowest BCUT2D eigenvalue weighted by molar-refractivity contribution is -0.137. The smallest absolute Gasteiger partial charge is 0.387 e. The average molecular weight is 637 g/mol. The minimum Gasteiger partial charge on any atom is -0.432 e. The lowest BCUT2D eigenvalue weighted by Crippen LogP contribution is -2.52. The molecule has 0 radical (unpaired) electrons. The Morgan fingerprint density at radius 3 is 2.36 bits per heavy atom. The number of alkyl halides is 2. The Morgan fingerprint density at radius 2 is 1.70 bits per heavy atom. The van der Waals surface area contributed by atoms with Gasteiger partial charge < -0.3 is 29.7 Å². The monoisotopic (exact) mass is 636 g/mol. The predicted octanol–water partition coefficient (Wildman–Crippen LogP) is 4.16. The summed E-state index contributed by atoms with van der Waals surface area (Å²) in [5.41, 5.74) is 0.176. The van der Waals surface area contributed by atoms with E-state index in [1.54, 1.807) is 4.90 Å². The molecule has 2 saturated heterocycles. The number of rotatable bonds is 7. The van der Waals surface area contributed by atoms with Crippen LogP contribution in [0, 0.1) is 17.6 Å². The molecule has 15 heteroatoms. The first-order valence-electron chi connectivity index (χ1n) is 13.9. The van der Waals surface area contributed by atoms with Gasteiger partial charge in [0.05, 0.1) is 22.5 Å². The number of hydrogen-bond acceptors (Lipinski definition) is 6. The van der Waals surface area contributed by atoms with Crippen LogP contribution in [0.3, 0.4) is 0 Å². The van der Waals surface area contributed by atoms with Crippen molar-refractivity contribution >= 4 is 35.0 Å². The van der Waals surface area contributed by atoms with E-state index < -0.39 is 29.9 Å². The number of carbonyl (C=O) groups excluding carboxylic acids is 3. The van der Waals surface area contributed by atoms with Gasteiger partial charge in [-0.05, 0) is 56.3 Å². The number of amides is 3. The Hall–Kier alpha value is -4.17. The summed E-state index contributed by atoms with van der Waals surface area (Å²) in [5, 5.41) is 5.96. The Labute approximate surface area is 254 Å². The van der Waals surface area contributed by atoms with Gasteiger partial charge in [0.2, 0.25) is 11.7 Å². The number of hydrogen-bond donors (Lipinski definition) is 2. The molecular formula is C29H29ClF4N6O4. The molecule has 10 nitrogen and oxygen atoms in total. The number of piperidine rings is 1. The third-order valence-electron chi connectivity index (χ3n) is 7.75. The van der Waals surface area contributed by atoms with Crippen molar-refractivity contribution in [3.63, 3.8) is 0 Å². The van der Waals surface area contributed by atoms with E-state index in [1.807, 2.05) is 4.90 Å². The lowest BCUT2D eigenvalue weighted by atomic mass is 9.96. The lowest BCUT2D eigenvalue weighted by Gasteiger charge is -2.37. The Bertz CT molecular complexity index is 1570. The maximum atomic E-state index is 14.6. The molecule has 2 fully saturated rings. The second-order valence-corrected chi connectivity index (χ2v) is 10.8. The number of aromatic nitrogens is 2. The van der Waals surface area contributed by atoms with Crippen molar-refractivity contribution in [1.29, 1.82) is 0 Å². The quantitative estimate of drug-likeness (QED) is 0.377. The summed E-state index contributed by atoms with van der Waals surface area (Å²) >= 11 is 6.42. The highest BCUT2D eigenvalue weighted by Crippen LogP contribution is 2.31. The Kier molecular flexibility index (Phi) is 9.39. The van der Waals surface area contributed by atoms with E-state index in [1.165, 1.54) is 29.8 Å². The third-order valence-corrected chi connectivity index (χ3v) is 8.07. The van der Waals surface area contributed by atoms with E-state index in [0.29, 0.717) is 26.2 Å². The van der Waals surface area contributed by atoms with Gasteiger partial charge in [-0.3, -0.25) is 14.4 Å². The highest BCUT2D eigenvalue weighted by atomic mass is 35.5. The molecule has 234 valence electrons. The number of halogens is 5. The fraction of sp³-hybridized carbons (Fsp3) is 0.379. The van der Waals surface area contributed by atoms with Gasteiger partial charge >= 0.3 is 6.61 Å². The molecule has 2 aliphatic heterocycles. The molecule has 3 heterocycles. The molecule has 2 aliphatic rings. The van der Waals surface area contributed by atoms with Crippen molar-refractivity contribution in [2.45, 2.75) is 19.5 Å². The molecule has 0 spiro atoms. The highest BCUT2D eigenvalue weighted by molar-refractivity contribution is 6.34. The summed E-state index contributed by atoms with van der Waals surface area (Å²) in [6.45, 7) is -0.0563. The minimum atomic E-state index is -3.33. The first-order chi connectivity index (χ1) is 21.0. The molecule has 3 aromatic rings. The SMILES string of the molecule is Cn1c(-c2ccc(OC(F)F)c(F)c2F)cnc1C(=O)Nc1ccc(C(=O)N2CCN(C(=O)C3CCNCC3)CC2)c(Cl)c1. The van der Waals surface area contributed by atoms with Crippen molar-refractivity contribution in [2.24, 2.45) is 13.0 Å². The topological polar surface area (TPSA) is 109 Å². The maximum Gasteiger partial charge on any atom is 0.387 e. The number of benzene rings is 2. The zero-order valence-corrected chi connectivity index (χ0v) is 24.3. The van der Waals surface area contributed by atoms with Gasteiger partial charge in [-0.2, -0.15) is 13.2 Å². The summed E-state index contributed by atoms with van der Waals surface area (Å²) in [6, 6.07) is 6.28. The molecule has 0 saturated carbocycles. The third kappa shape index (κ3) is 6.50. The van der Waals surface area contributed by atoms with Crippen molar-refractivity contribution in [3.8, 4) is 17.0 Å². The van der Waals surface area contributed by atoms with Gasteiger partial charge in [-0.1, -0.05) is 11.6 Å². The second kappa shape index (κ2) is 13.2. The van der Waals surface area contributed by atoms with E-state index in [4.69, 9.17) is 11.6 Å². The molecule has 0 unspecified atom stereocenters. The fourth-order valence-electron chi connectivity index (χ4n) is 5.37. The molecule has 2 N–H and O–H groups in total. The number of nitrogens with one attached hydrogen (secondary N) is 2. The zero-order valence-electron chi connectivity index (χ0n) is 23.6. The maximum absolute atomic E-state index is 14.6. The van der Waals surface area contributed by atoms with Gasteiger partial charge in [0.1, 0.15) is 0 Å². The van der Waals surface area contributed by atoms with Gasteiger partial charge in [-0.25, -0.2) is 9.37 Å². The summed E-state index contributed by atoms with van der Waals surface area (Å²) < 4.78 is 59.0. The summed E-state index contributed by atoms with van der Waals surface area (Å²) in [5.74, 6) is -5.03. The molecular weight excluding hydrogens is 608 g/mol. The molecule has 0 aliphatic carbocycles. The fourth-order valence-corrected chi connectivity index (χ4v) is 5.63. The normalized spacial score (nSPS) is 15.9. The largest absolute Gasteiger partial charge is 0.432 e. The second-order valence-electron chi connectivity index (χ2n) is 10.4. The Morgan fingerprint density at radius 1 is 1.02 bits per heavy atom. The van der Waals surface area contributed by atoms with E-state index >= 15 is 0 Å². The van der Waals surface area contributed by atoms with Crippen LogP contribution >= 0.6 is 11.6 Å². The number of ether oxygens (including phenoxy) is 1. The minimum absolute atomic E-state index is 0.00618. The molecule has 2 aromatic carbocycles. The molecule has 44 heavy (non-hydrogen) atoms. The first kappa shape index (κ1) is 31.3. The Balaban J connectivity index is 1.22. The predicted molar refractivity (Wildman–Crippen MR) is 153 cm³/mol. The van der Waals surface area contributed by atoms with Crippen LogP contribution in [-0.2, 0) is 11.8 Å². The molecule has 0 bridgehead atoms. The van der Waals surface area contributed by atoms with Crippen LogP contribution in [0.4, 0.5) is 23.2 Å². The van der Waals surface area contributed by atoms with Crippen LogP contribution in [-0.4, -0.2) is 83.0 Å². The standard InChI is InChI=1S/C29H29ClF4N6O4/c1-38-21(19-4-5-22(44-29(33)34)24(32)23(19)31)15-36-25(38)26(41)37-17-2-3-18(20(30)14-17)28(43)40-12-10-39(11-13-40)27(42)16-6-8-35-9-7-16/h2-5,14-16,29,35H,6-13H2,1H3,(H,37,41). The summed E-state index contributed by atoms with van der Waals surface area (Å²) in [7, 11) is 1.40. The highest BCUT2D eigenvalue weighted by Gasteiger charge is 2.30. The van der Waals surface area contributed by atoms with Gasteiger partial charge in [0.25, 0.3) is 11.8 Å². The number of carbonyl (C=O) groups is 3. The van der Waals surface area contributed by atoms with Crippen molar-refractivity contribution in [3.05, 3.63) is 64.6 Å². The van der Waals surface area contributed by atoms with Crippen LogP contribution in [0.1, 0.15) is 33.8 Å². The van der Waals surface area contributed by atoms with Crippen molar-refractivity contribution in [1.82, 2.24) is 24.7 Å². The zero-order chi connectivity index (χ0) is 31.5. The molecule has 5 rings (SSSR count). The summed E-state index contributed by atoms with van der Waals surface area (Å²) in [4.78, 5) is 46.4. The van der Waals surface area contributed by atoms with Crippen LogP contribution in [0.2, 0.25) is 5.02 Å². The van der Waals surface area contributed by atoms with E-state index in [9.17, 15) is 31.9 Å². The van der Waals surface area contributed by atoms with Crippen molar-refractivity contribution < 1.29 is 36.7 Å². The van der Waals surface area contributed by atoms with Crippen LogP contribution in [0.15, 0.2) is 36.5 Å². The van der Waals surface area contributed by atoms with Crippen LogP contribution < -0.4 is 15.4 Å².